The number of aromatic nitrogens is 4. The number of rotatable bonds is 3. The molecule has 144 valence electrons. The zero-order chi connectivity index (χ0) is 20.1. The monoisotopic (exact) mass is 412 g/mol. The maximum atomic E-state index is 13.9. The summed E-state index contributed by atoms with van der Waals surface area (Å²) in [6.07, 6.45) is -4.85. The molecule has 0 spiro atoms. The molecule has 0 radical (unpaired) electrons. The van der Waals surface area contributed by atoms with E-state index in [0.717, 1.165) is 23.9 Å². The molecule has 0 bridgehead atoms. The van der Waals surface area contributed by atoms with E-state index in [0.29, 0.717) is 9.30 Å². The van der Waals surface area contributed by atoms with Crippen molar-refractivity contribution in [1.29, 1.82) is 0 Å². The minimum Gasteiger partial charge on any atom is -0.392 e. The average Bonchev–Trinajstić information content (AvgIpc) is 3.10. The smallest absolute Gasteiger partial charge is 0.392 e. The molecule has 11 heteroatoms. The molecule has 2 heterocycles. The first-order chi connectivity index (χ1) is 13.3. The molecule has 2 aromatic carbocycles. The summed E-state index contributed by atoms with van der Waals surface area (Å²) < 4.78 is 68.0. The van der Waals surface area contributed by atoms with Crippen molar-refractivity contribution in [3.63, 3.8) is 0 Å². The Bertz CT molecular complexity index is 1190. The van der Waals surface area contributed by atoms with Crippen molar-refractivity contribution in [1.82, 2.24) is 19.6 Å². The number of hydrogen-bond donors (Lipinski definition) is 1. The lowest BCUT2D eigenvalue weighted by atomic mass is 10.1. The highest BCUT2D eigenvalue weighted by Gasteiger charge is 2.38. The molecule has 28 heavy (non-hydrogen) atoms. The molecule has 2 aromatic heterocycles. The molecule has 1 N–H and O–H groups in total. The number of nitrogens with zero attached hydrogens (tertiary/aromatic N) is 4. The van der Waals surface area contributed by atoms with E-state index in [2.05, 4.69) is 15.2 Å². The van der Waals surface area contributed by atoms with Crippen LogP contribution in [-0.2, 0) is 12.8 Å². The number of benzene rings is 2. The fourth-order valence-corrected chi connectivity index (χ4v) is 3.58. The molecule has 0 aliphatic rings. The lowest BCUT2D eigenvalue weighted by Gasteiger charge is -2.12. The van der Waals surface area contributed by atoms with Gasteiger partial charge in [0.25, 0.3) is 0 Å². The van der Waals surface area contributed by atoms with Gasteiger partial charge in [-0.1, -0.05) is 11.8 Å². The van der Waals surface area contributed by atoms with Crippen molar-refractivity contribution in [2.45, 2.75) is 22.7 Å². The molecule has 0 unspecified atom stereocenters. The summed E-state index contributed by atoms with van der Waals surface area (Å²) in [7, 11) is 0. The molecule has 5 nitrogen and oxygen atoms in total. The van der Waals surface area contributed by atoms with Gasteiger partial charge in [-0.25, -0.2) is 13.8 Å². The topological polar surface area (TPSA) is 63.3 Å². The van der Waals surface area contributed by atoms with E-state index in [9.17, 15) is 27.1 Å². The van der Waals surface area contributed by atoms with Crippen LogP contribution in [0.1, 0.15) is 11.4 Å². The number of halogens is 5. The number of fused-ring (bicyclic) bond motifs is 3. The summed E-state index contributed by atoms with van der Waals surface area (Å²) in [4.78, 5) is 4.78. The Morgan fingerprint density at radius 3 is 2.36 bits per heavy atom. The van der Waals surface area contributed by atoms with Crippen LogP contribution >= 0.6 is 11.8 Å². The van der Waals surface area contributed by atoms with Crippen molar-refractivity contribution in [2.24, 2.45) is 0 Å². The molecule has 4 rings (SSSR count). The van der Waals surface area contributed by atoms with E-state index in [4.69, 9.17) is 0 Å². The van der Waals surface area contributed by atoms with Gasteiger partial charge >= 0.3 is 6.18 Å². The number of hydrogen-bond acceptors (Lipinski definition) is 5. The van der Waals surface area contributed by atoms with Gasteiger partial charge in [0.2, 0.25) is 5.82 Å². The van der Waals surface area contributed by atoms with Gasteiger partial charge in [0.05, 0.1) is 17.6 Å². The molecular weight excluding hydrogens is 403 g/mol. The predicted molar refractivity (Wildman–Crippen MR) is 89.7 cm³/mol. The fraction of sp³-hybridized carbons (Fsp3) is 0.118. The second-order valence-corrected chi connectivity index (χ2v) is 6.81. The Morgan fingerprint density at radius 2 is 1.71 bits per heavy atom. The second kappa shape index (κ2) is 6.67. The standard InChI is InChI=1S/C17H9F5N4OS/c18-9-1-3-11(4-2-9)28-15-14-24-25-16(17(20,21)22)26(14)12-6-10(19)5-8(7-27)13(12)23-15/h1-6,27H,7H2. The highest BCUT2D eigenvalue weighted by atomic mass is 32.2. The van der Waals surface area contributed by atoms with Crippen LogP contribution in [0, 0.1) is 11.6 Å². The number of alkyl halides is 3. The lowest BCUT2D eigenvalue weighted by molar-refractivity contribution is -0.145. The SMILES string of the molecule is OCc1cc(F)cc2c1nc(Sc1ccc(F)cc1)c1nnc(C(F)(F)F)n12. The van der Waals surface area contributed by atoms with Gasteiger partial charge in [-0.2, -0.15) is 13.2 Å². The van der Waals surface area contributed by atoms with Crippen molar-refractivity contribution >= 4 is 28.4 Å². The minimum absolute atomic E-state index is 0.0136. The van der Waals surface area contributed by atoms with Gasteiger partial charge in [-0.15, -0.1) is 10.2 Å². The molecule has 4 aromatic rings. The van der Waals surface area contributed by atoms with Crippen LogP contribution < -0.4 is 0 Å². The minimum atomic E-state index is -4.85. The second-order valence-electron chi connectivity index (χ2n) is 5.74. The molecule has 0 amide bonds. The van der Waals surface area contributed by atoms with Crippen LogP contribution in [0.4, 0.5) is 22.0 Å². The van der Waals surface area contributed by atoms with Crippen LogP contribution in [0.5, 0.6) is 0 Å². The molecule has 0 aliphatic heterocycles. The van der Waals surface area contributed by atoms with E-state index in [1.807, 2.05) is 0 Å². The number of aliphatic hydroxyl groups is 1. The first-order valence-corrected chi connectivity index (χ1v) is 8.58. The first kappa shape index (κ1) is 18.6. The van der Waals surface area contributed by atoms with E-state index in [1.54, 1.807) is 0 Å². The molecular formula is C17H9F5N4OS. The largest absolute Gasteiger partial charge is 0.452 e. The zero-order valence-electron chi connectivity index (χ0n) is 13.7. The third-order valence-electron chi connectivity index (χ3n) is 3.89. The summed E-state index contributed by atoms with van der Waals surface area (Å²) in [6.45, 7) is -0.628. The third kappa shape index (κ3) is 3.16. The van der Waals surface area contributed by atoms with E-state index < -0.39 is 30.2 Å². The highest BCUT2D eigenvalue weighted by Crippen LogP contribution is 2.36. The zero-order valence-corrected chi connectivity index (χ0v) is 14.5. The van der Waals surface area contributed by atoms with E-state index >= 15 is 0 Å². The Kier molecular flexibility index (Phi) is 4.42. The summed E-state index contributed by atoms with van der Waals surface area (Å²) in [5.74, 6) is -2.65. The molecule has 0 atom stereocenters. The van der Waals surface area contributed by atoms with Crippen molar-refractivity contribution < 1.29 is 27.1 Å². The van der Waals surface area contributed by atoms with Crippen LogP contribution in [0.3, 0.4) is 0 Å². The van der Waals surface area contributed by atoms with E-state index in [-0.39, 0.29) is 27.3 Å². The molecule has 0 fully saturated rings. The Balaban J connectivity index is 2.05. The first-order valence-electron chi connectivity index (χ1n) is 7.76. The van der Waals surface area contributed by atoms with Gasteiger partial charge < -0.3 is 5.11 Å². The molecule has 0 saturated heterocycles. The third-order valence-corrected chi connectivity index (χ3v) is 4.87. The maximum Gasteiger partial charge on any atom is 0.452 e. The average molecular weight is 412 g/mol. The summed E-state index contributed by atoms with van der Waals surface area (Å²) in [6, 6.07) is 7.12. The van der Waals surface area contributed by atoms with E-state index in [1.165, 1.54) is 24.3 Å². The van der Waals surface area contributed by atoms with Crippen LogP contribution in [0.2, 0.25) is 0 Å². The van der Waals surface area contributed by atoms with Gasteiger partial charge in [-0.3, -0.25) is 4.40 Å². The molecule has 0 aliphatic carbocycles. The summed E-state index contributed by atoms with van der Waals surface area (Å²) in [5, 5.41) is 16.3. The quantitative estimate of drug-likeness (QED) is 0.511. The van der Waals surface area contributed by atoms with Gasteiger partial charge in [0, 0.05) is 16.5 Å². The van der Waals surface area contributed by atoms with Crippen LogP contribution in [-0.4, -0.2) is 24.7 Å². The van der Waals surface area contributed by atoms with Crippen LogP contribution in [0.25, 0.3) is 16.7 Å². The van der Waals surface area contributed by atoms with Crippen molar-refractivity contribution in [3.05, 3.63) is 59.4 Å². The van der Waals surface area contributed by atoms with Gasteiger partial charge in [0.15, 0.2) is 5.65 Å². The van der Waals surface area contributed by atoms with Gasteiger partial charge in [0.1, 0.15) is 16.7 Å². The maximum absolute atomic E-state index is 13.9. The normalized spacial score (nSPS) is 12.2. The number of aliphatic hydroxyl groups excluding tert-OH is 1. The van der Waals surface area contributed by atoms with Crippen molar-refractivity contribution in [3.8, 4) is 0 Å². The Labute approximate surface area is 157 Å². The summed E-state index contributed by atoms with van der Waals surface area (Å²) >= 11 is 0.944. The predicted octanol–water partition coefficient (Wildman–Crippen LogP) is 4.22. The fourth-order valence-electron chi connectivity index (χ4n) is 2.73. The highest BCUT2D eigenvalue weighted by molar-refractivity contribution is 7.99. The van der Waals surface area contributed by atoms with Gasteiger partial charge in [-0.05, 0) is 30.3 Å². The Hall–Kier alpha value is -2.79. The van der Waals surface area contributed by atoms with Crippen molar-refractivity contribution in [2.75, 3.05) is 0 Å². The Morgan fingerprint density at radius 1 is 1.00 bits per heavy atom. The molecule has 0 saturated carbocycles. The lowest BCUT2D eigenvalue weighted by Crippen LogP contribution is -2.12. The summed E-state index contributed by atoms with van der Waals surface area (Å²) in [5.41, 5.74) is -0.463. The van der Waals surface area contributed by atoms with Crippen LogP contribution in [0.15, 0.2) is 46.3 Å².